The number of nitrogens with two attached hydrogens (primary N) is 7. The molecule has 0 saturated carbocycles. The highest BCUT2D eigenvalue weighted by molar-refractivity contribution is 6.03. The number of carbonyl (C=O) groups is 20. The summed E-state index contributed by atoms with van der Waals surface area (Å²) >= 11 is 0. The van der Waals surface area contributed by atoms with Gasteiger partial charge < -0.3 is 140 Å². The molecular formula is C71H125N23O24. The van der Waals surface area contributed by atoms with E-state index >= 15 is 0 Å². The van der Waals surface area contributed by atoms with Crippen LogP contribution in [0.25, 0.3) is 0 Å². The third-order valence-corrected chi connectivity index (χ3v) is 18.0. The van der Waals surface area contributed by atoms with E-state index in [4.69, 9.17) is 45.5 Å². The third-order valence-electron chi connectivity index (χ3n) is 18.0. The van der Waals surface area contributed by atoms with E-state index in [-0.39, 0.29) is 57.6 Å². The number of nitrogens with one attached hydrogen (secondary N) is 16. The summed E-state index contributed by atoms with van der Waals surface area (Å²) in [7, 11) is 0. The molecule has 0 aliphatic rings. The highest BCUT2D eigenvalue weighted by atomic mass is 16.4. The second-order valence-corrected chi connectivity index (χ2v) is 30.1. The van der Waals surface area contributed by atoms with Crippen molar-refractivity contribution in [1.82, 2.24) is 79.8 Å². The summed E-state index contributed by atoms with van der Waals surface area (Å²) in [6.45, 7) is 18.7. The van der Waals surface area contributed by atoms with Crippen molar-refractivity contribution in [2.45, 2.75) is 276 Å². The van der Waals surface area contributed by atoms with E-state index in [9.17, 15) is 116 Å². The molecule has 18 amide bonds. The molecule has 18 atom stereocenters. The van der Waals surface area contributed by atoms with Gasteiger partial charge in [-0.05, 0) is 102 Å². The van der Waals surface area contributed by atoms with Crippen LogP contribution in [0.4, 0.5) is 0 Å². The minimum Gasteiger partial charge on any atom is -0.481 e. The molecule has 0 unspecified atom stereocenters. The highest BCUT2D eigenvalue weighted by Gasteiger charge is 2.42. The summed E-state index contributed by atoms with van der Waals surface area (Å²) < 4.78 is 0. The Labute approximate surface area is 682 Å². The number of carboxylic acid groups (broad SMARTS) is 2. The molecule has 0 aromatic carbocycles. The zero-order valence-electron chi connectivity index (χ0n) is 68.8. The molecule has 0 aliphatic carbocycles. The Bertz CT molecular complexity index is 3520. The molecule has 0 heterocycles. The molecule has 47 nitrogen and oxygen atoms in total. The summed E-state index contributed by atoms with van der Waals surface area (Å²) in [6, 6.07) is -25.8. The Hall–Kier alpha value is -11.5. The molecule has 47 heteroatoms. The monoisotopic (exact) mass is 1680 g/mol. The van der Waals surface area contributed by atoms with E-state index in [0.29, 0.717) is 6.42 Å². The van der Waals surface area contributed by atoms with Crippen LogP contribution >= 0.6 is 0 Å². The van der Waals surface area contributed by atoms with Crippen molar-refractivity contribution in [3.8, 4) is 0 Å². The zero-order valence-corrected chi connectivity index (χ0v) is 68.8. The second kappa shape index (κ2) is 53.0. The molecule has 0 aromatic rings. The normalized spacial score (nSPS) is 15.8. The molecule has 0 radical (unpaired) electrons. The number of primary amides is 4. The first-order valence-electron chi connectivity index (χ1n) is 38.4. The van der Waals surface area contributed by atoms with Crippen LogP contribution in [0.2, 0.25) is 0 Å². The summed E-state index contributed by atoms with van der Waals surface area (Å²) in [5.74, 6) is -28.3. The summed E-state index contributed by atoms with van der Waals surface area (Å²) in [5.41, 5.74) is 38.5. The molecule has 0 bridgehead atoms. The summed E-state index contributed by atoms with van der Waals surface area (Å²) in [4.78, 5) is 269. The molecule has 0 saturated heterocycles. The second-order valence-electron chi connectivity index (χ2n) is 30.1. The maximum atomic E-state index is 14.5. The lowest BCUT2D eigenvalue weighted by atomic mass is 9.96. The summed E-state index contributed by atoms with van der Waals surface area (Å²) in [6.07, 6.45) is -8.68. The van der Waals surface area contributed by atoms with Gasteiger partial charge in [0.1, 0.15) is 84.6 Å². The molecular weight excluding hydrogens is 1560 g/mol. The Morgan fingerprint density at radius 1 is 0.339 bits per heavy atom. The minimum absolute atomic E-state index is 0.0818. The Morgan fingerprint density at radius 2 is 0.636 bits per heavy atom. The van der Waals surface area contributed by atoms with Gasteiger partial charge in [0.2, 0.25) is 106 Å². The van der Waals surface area contributed by atoms with Crippen LogP contribution in [0, 0.1) is 35.0 Å². The van der Waals surface area contributed by atoms with Gasteiger partial charge in [0, 0.05) is 13.0 Å². The molecule has 0 aromatic heterocycles. The number of aliphatic hydroxyl groups excluding tert-OH is 2. The first-order chi connectivity index (χ1) is 54.7. The molecule has 118 heavy (non-hydrogen) atoms. The average molecular weight is 1680 g/mol. The van der Waals surface area contributed by atoms with Gasteiger partial charge in [0.25, 0.3) is 0 Å². The van der Waals surface area contributed by atoms with E-state index in [1.807, 2.05) is 0 Å². The summed E-state index contributed by atoms with van der Waals surface area (Å²) in [5, 5.41) is 83.7. The van der Waals surface area contributed by atoms with Gasteiger partial charge in [-0.25, -0.2) is 4.79 Å². The average Bonchev–Trinajstić information content (AvgIpc) is 0.846. The number of aliphatic hydroxyl groups is 2. The largest absolute Gasteiger partial charge is 0.481 e. The Kier molecular flexibility index (Phi) is 47.8. The molecule has 0 spiro atoms. The highest BCUT2D eigenvalue weighted by Crippen LogP contribution is 2.16. The quantitative estimate of drug-likeness (QED) is 0.0153. The lowest BCUT2D eigenvalue weighted by molar-refractivity contribution is -0.144. The van der Waals surface area contributed by atoms with Crippen molar-refractivity contribution >= 4 is 124 Å². The minimum atomic E-state index is -2.22. The van der Waals surface area contributed by atoms with Crippen molar-refractivity contribution in [1.29, 1.82) is 5.41 Å². The SMILES string of the molecule is CC[C@H](C)[C@H](NC(=O)[C@H](CC(N)=O)NC(=O)[C@@H](NC(=O)[C@@H](NC(=O)[C@@H](NC(=O)[C@H](CC(N)=O)NC(=O)[C@H](CCCNC(=N)N)NC(=O)[C@H](C)N)C(C)C)[C@@H](C)O)C(C)C)C(=O)N[C@@H](CC(C)C)C(=O)N[C@@H](CC(N)=O)C(=O)N[C@@H](CC(=O)O)C(=O)N[C@@H](CCC(N)=O)C(=O)N[C@H](C(=O)N[C@@H](CCCCN)C(=O)N[C@H](C(=O)O)C(C)C)[C@@H](C)O. The van der Waals surface area contributed by atoms with Crippen LogP contribution in [0.1, 0.15) is 173 Å². The molecule has 0 rings (SSSR count). The van der Waals surface area contributed by atoms with Gasteiger partial charge in [-0.2, -0.15) is 0 Å². The van der Waals surface area contributed by atoms with Crippen LogP contribution in [-0.2, 0) is 95.9 Å². The fourth-order valence-corrected chi connectivity index (χ4v) is 11.2. The number of hydrogen-bond donors (Lipinski definition) is 27. The van der Waals surface area contributed by atoms with E-state index < -0.39 is 289 Å². The number of carbonyl (C=O) groups excluding carboxylic acids is 18. The standard InChI is InChI=1S/C71H125N23O24/c1-14-33(10)53(92-64(111)43(27-48(77)100)88-65(112)50(30(4)5)90-69(116)55(36(13)96)94-66(113)51(31(6)7)89-63(110)42(26-47(76)99)84-57(104)38(81-56(103)34(11)73)19-17-23-80-71(78)79)67(114)87-40(24-29(2)3)60(107)85-41(25-46(75)98)61(108)86-44(28-49(101)102)62(109)82-39(20-21-45(74)97)59(106)93-54(35(12)95)68(115)83-37(18-15-16-22-72)58(105)91-52(32(8)9)70(117)118/h29-44,50-55,95-96H,14-28,72-73H2,1-13H3,(H2,74,97)(H2,75,98)(H2,76,99)(H2,77,100)(H,81,103)(H,82,109)(H,83,115)(H,84,104)(H,85,107)(H,86,108)(H,87,114)(H,88,112)(H,89,110)(H,90,116)(H,91,105)(H,92,111)(H,93,106)(H,94,113)(H,101,102)(H,117,118)(H4,78,79,80)/t33-,34-,35+,36+,37-,38-,39-,40-,41-,42-,43-,44-,50-,51-,52-,53-,54-,55-/m0/s1. The Balaban J connectivity index is 7.12. The lowest BCUT2D eigenvalue weighted by Crippen LogP contribution is -2.63. The van der Waals surface area contributed by atoms with Gasteiger partial charge in [-0.1, -0.05) is 75.7 Å². The van der Waals surface area contributed by atoms with Gasteiger partial charge >= 0.3 is 11.9 Å². The number of rotatable bonds is 57. The van der Waals surface area contributed by atoms with E-state index in [1.165, 1.54) is 55.4 Å². The predicted molar refractivity (Wildman–Crippen MR) is 419 cm³/mol. The van der Waals surface area contributed by atoms with E-state index in [1.54, 1.807) is 20.8 Å². The number of guanidine groups is 1. The number of carboxylic acids is 2. The molecule has 0 aliphatic heterocycles. The van der Waals surface area contributed by atoms with Crippen LogP contribution in [-0.4, -0.2) is 261 Å². The van der Waals surface area contributed by atoms with Gasteiger partial charge in [0.05, 0.1) is 43.9 Å². The molecule has 668 valence electrons. The first-order valence-corrected chi connectivity index (χ1v) is 38.4. The van der Waals surface area contributed by atoms with Gasteiger partial charge in [-0.3, -0.25) is 96.5 Å². The fraction of sp³-hybridized carbons (Fsp3) is 0.704. The van der Waals surface area contributed by atoms with Crippen molar-refractivity contribution in [3.63, 3.8) is 0 Å². The van der Waals surface area contributed by atoms with Crippen molar-refractivity contribution in [2.24, 2.45) is 69.7 Å². The van der Waals surface area contributed by atoms with Crippen LogP contribution in [0.15, 0.2) is 0 Å². The fourth-order valence-electron chi connectivity index (χ4n) is 11.2. The third kappa shape index (κ3) is 39.9. The van der Waals surface area contributed by atoms with Crippen LogP contribution in [0.5, 0.6) is 0 Å². The van der Waals surface area contributed by atoms with Crippen molar-refractivity contribution < 1.29 is 116 Å². The van der Waals surface area contributed by atoms with Crippen LogP contribution in [0.3, 0.4) is 0 Å². The Morgan fingerprint density at radius 3 is 1.02 bits per heavy atom. The number of aliphatic carboxylic acids is 2. The van der Waals surface area contributed by atoms with Crippen molar-refractivity contribution in [3.05, 3.63) is 0 Å². The topological polar surface area (TPSA) is 809 Å². The smallest absolute Gasteiger partial charge is 0.326 e. The molecule has 0 fully saturated rings. The first kappa shape index (κ1) is 107. The lowest BCUT2D eigenvalue weighted by Gasteiger charge is -2.31. The number of hydrogen-bond acceptors (Lipinski definition) is 25. The predicted octanol–water partition coefficient (Wildman–Crippen LogP) is -10.2. The number of unbranched alkanes of at least 4 members (excludes halogenated alkanes) is 1. The van der Waals surface area contributed by atoms with E-state index in [0.717, 1.165) is 13.8 Å². The number of amides is 18. The zero-order chi connectivity index (χ0) is 91.0. The molecule has 34 N–H and O–H groups in total. The van der Waals surface area contributed by atoms with Crippen molar-refractivity contribution in [2.75, 3.05) is 13.1 Å². The maximum Gasteiger partial charge on any atom is 0.326 e. The van der Waals surface area contributed by atoms with Gasteiger partial charge in [-0.15, -0.1) is 0 Å². The van der Waals surface area contributed by atoms with Gasteiger partial charge in [0.15, 0.2) is 5.96 Å². The maximum absolute atomic E-state index is 14.5. The van der Waals surface area contributed by atoms with Crippen LogP contribution < -0.4 is 120 Å². The van der Waals surface area contributed by atoms with E-state index in [2.05, 4.69) is 79.8 Å².